The number of aryl methyl sites for hydroxylation is 1. The molecular weight excluding hydrogens is 238 g/mol. The van der Waals surface area contributed by atoms with Gasteiger partial charge < -0.3 is 10.0 Å². The maximum Gasteiger partial charge on any atom is 0.227 e. The lowest BCUT2D eigenvalue weighted by Crippen LogP contribution is -2.31. The Bertz CT molecular complexity index is 494. The predicted molar refractivity (Wildman–Crippen MR) is 77.2 cm³/mol. The van der Waals surface area contributed by atoms with Gasteiger partial charge in [0, 0.05) is 19.2 Å². The van der Waals surface area contributed by atoms with Gasteiger partial charge in [0.25, 0.3) is 0 Å². The average molecular weight is 261 g/mol. The zero-order chi connectivity index (χ0) is 14.2. The minimum atomic E-state index is -0.467. The third-order valence-electron chi connectivity index (χ3n) is 4.41. The van der Waals surface area contributed by atoms with Crippen molar-refractivity contribution in [3.8, 4) is 0 Å². The minimum Gasteiger partial charge on any atom is -0.388 e. The molecule has 3 nitrogen and oxygen atoms in total. The van der Waals surface area contributed by atoms with E-state index in [4.69, 9.17) is 0 Å². The van der Waals surface area contributed by atoms with Crippen molar-refractivity contribution in [1.82, 2.24) is 0 Å². The van der Waals surface area contributed by atoms with Gasteiger partial charge in [-0.05, 0) is 35.4 Å². The van der Waals surface area contributed by atoms with E-state index < -0.39 is 6.10 Å². The fourth-order valence-electron chi connectivity index (χ4n) is 2.49. The normalized spacial score (nSPS) is 17.3. The van der Waals surface area contributed by atoms with E-state index in [2.05, 4.69) is 26.8 Å². The molecule has 0 aliphatic carbocycles. The molecule has 1 aromatic rings. The lowest BCUT2D eigenvalue weighted by atomic mass is 9.80. The number of aliphatic hydroxyl groups excluding tert-OH is 1. The van der Waals surface area contributed by atoms with Crippen LogP contribution in [-0.2, 0) is 11.2 Å². The number of anilines is 1. The van der Waals surface area contributed by atoms with Crippen LogP contribution in [-0.4, -0.2) is 18.1 Å². The first-order chi connectivity index (χ1) is 8.86. The first-order valence-electron chi connectivity index (χ1n) is 6.94. The smallest absolute Gasteiger partial charge is 0.227 e. The van der Waals surface area contributed by atoms with Gasteiger partial charge in [0.05, 0.1) is 6.10 Å². The Kier molecular flexibility index (Phi) is 3.68. The molecule has 1 aliphatic heterocycles. The highest BCUT2D eigenvalue weighted by Gasteiger charge is 2.29. The van der Waals surface area contributed by atoms with Crippen LogP contribution in [0, 0.1) is 5.41 Å². The summed E-state index contributed by atoms with van der Waals surface area (Å²) in [4.78, 5) is 13.4. The fourth-order valence-corrected chi connectivity index (χ4v) is 2.49. The Morgan fingerprint density at radius 1 is 1.37 bits per heavy atom. The summed E-state index contributed by atoms with van der Waals surface area (Å²) in [5, 5.41) is 10.5. The Hall–Kier alpha value is -1.35. The van der Waals surface area contributed by atoms with Crippen molar-refractivity contribution in [3.05, 3.63) is 29.3 Å². The van der Waals surface area contributed by atoms with Crippen molar-refractivity contribution >= 4 is 11.6 Å². The largest absolute Gasteiger partial charge is 0.388 e. The summed E-state index contributed by atoms with van der Waals surface area (Å²) in [5.74, 6) is 0.162. The molecule has 1 unspecified atom stereocenters. The van der Waals surface area contributed by atoms with Gasteiger partial charge in [0.2, 0.25) is 5.91 Å². The highest BCUT2D eigenvalue weighted by Crippen LogP contribution is 2.38. The van der Waals surface area contributed by atoms with Crippen LogP contribution in [0.1, 0.15) is 50.8 Å². The number of hydrogen-bond acceptors (Lipinski definition) is 2. The van der Waals surface area contributed by atoms with Gasteiger partial charge in [0.15, 0.2) is 0 Å². The highest BCUT2D eigenvalue weighted by molar-refractivity contribution is 5.95. The number of benzene rings is 1. The van der Waals surface area contributed by atoms with E-state index in [-0.39, 0.29) is 11.3 Å². The van der Waals surface area contributed by atoms with Crippen molar-refractivity contribution in [1.29, 1.82) is 0 Å². The van der Waals surface area contributed by atoms with Crippen molar-refractivity contribution < 1.29 is 9.90 Å². The third kappa shape index (κ3) is 2.52. The second-order valence-corrected chi connectivity index (χ2v) is 6.09. The standard InChI is InChI=1S/C16H23NO2/c1-5-16(2,3)15(19)12-6-8-13-11(10-12)7-9-14(18)17(13)4/h6,8,10,15,19H,5,7,9H2,1-4H3. The van der Waals surface area contributed by atoms with E-state index in [0.717, 1.165) is 29.7 Å². The van der Waals surface area contributed by atoms with E-state index in [0.29, 0.717) is 6.42 Å². The van der Waals surface area contributed by atoms with Crippen LogP contribution in [0.3, 0.4) is 0 Å². The van der Waals surface area contributed by atoms with Crippen molar-refractivity contribution in [2.45, 2.75) is 46.1 Å². The van der Waals surface area contributed by atoms with Gasteiger partial charge in [-0.3, -0.25) is 4.79 Å². The molecule has 1 aliphatic rings. The van der Waals surface area contributed by atoms with Crippen LogP contribution in [0.4, 0.5) is 5.69 Å². The van der Waals surface area contributed by atoms with Crippen molar-refractivity contribution in [3.63, 3.8) is 0 Å². The van der Waals surface area contributed by atoms with Gasteiger partial charge in [0.1, 0.15) is 0 Å². The molecule has 1 amide bonds. The summed E-state index contributed by atoms with van der Waals surface area (Å²) in [7, 11) is 1.81. The lowest BCUT2D eigenvalue weighted by molar-refractivity contribution is -0.118. The lowest BCUT2D eigenvalue weighted by Gasteiger charge is -2.31. The number of nitrogens with zero attached hydrogens (tertiary/aromatic N) is 1. The summed E-state index contributed by atoms with van der Waals surface area (Å²) in [6, 6.07) is 5.95. The van der Waals surface area contributed by atoms with Crippen molar-refractivity contribution in [2.75, 3.05) is 11.9 Å². The average Bonchev–Trinajstić information content (AvgIpc) is 2.41. The molecule has 1 atom stereocenters. The molecule has 1 aromatic carbocycles. The summed E-state index contributed by atoms with van der Waals surface area (Å²) >= 11 is 0. The summed E-state index contributed by atoms with van der Waals surface area (Å²) in [6.07, 6.45) is 1.78. The fraction of sp³-hybridized carbons (Fsp3) is 0.562. The molecule has 0 spiro atoms. The van der Waals surface area contributed by atoms with Crippen molar-refractivity contribution in [2.24, 2.45) is 5.41 Å². The first kappa shape index (κ1) is 14.1. The van der Waals surface area contributed by atoms with E-state index in [1.54, 1.807) is 4.90 Å². The molecule has 0 radical (unpaired) electrons. The van der Waals surface area contributed by atoms with Crippen LogP contribution >= 0.6 is 0 Å². The van der Waals surface area contributed by atoms with Gasteiger partial charge in [-0.2, -0.15) is 0 Å². The second-order valence-electron chi connectivity index (χ2n) is 6.09. The van der Waals surface area contributed by atoms with Crippen LogP contribution in [0.15, 0.2) is 18.2 Å². The maximum atomic E-state index is 11.7. The molecule has 1 N–H and O–H groups in total. The zero-order valence-electron chi connectivity index (χ0n) is 12.2. The number of carbonyl (C=O) groups excluding carboxylic acids is 1. The SMILES string of the molecule is CCC(C)(C)C(O)c1ccc2c(c1)CCC(=O)N2C. The van der Waals surface area contributed by atoms with Crippen LogP contribution in [0.25, 0.3) is 0 Å². The molecule has 2 rings (SSSR count). The highest BCUT2D eigenvalue weighted by atomic mass is 16.3. The van der Waals surface area contributed by atoms with Gasteiger partial charge >= 0.3 is 0 Å². The maximum absolute atomic E-state index is 11.7. The second kappa shape index (κ2) is 4.97. The van der Waals surface area contributed by atoms with Gasteiger partial charge in [-0.1, -0.05) is 32.9 Å². The van der Waals surface area contributed by atoms with Crippen LogP contribution in [0.5, 0.6) is 0 Å². The molecule has 0 saturated carbocycles. The number of hydrogen-bond donors (Lipinski definition) is 1. The summed E-state index contributed by atoms with van der Waals surface area (Å²) in [5.41, 5.74) is 2.95. The summed E-state index contributed by atoms with van der Waals surface area (Å²) in [6.45, 7) is 6.24. The predicted octanol–water partition coefficient (Wildman–Crippen LogP) is 3.07. The molecule has 0 saturated heterocycles. The van der Waals surface area contributed by atoms with Crippen LogP contribution < -0.4 is 4.90 Å². The van der Waals surface area contributed by atoms with E-state index in [9.17, 15) is 9.90 Å². The number of aliphatic hydroxyl groups is 1. The number of amides is 1. The number of carbonyl (C=O) groups is 1. The number of fused-ring (bicyclic) bond motifs is 1. The minimum absolute atomic E-state index is 0.134. The molecule has 0 fully saturated rings. The summed E-state index contributed by atoms with van der Waals surface area (Å²) < 4.78 is 0. The molecule has 3 heteroatoms. The Labute approximate surface area is 115 Å². The molecule has 104 valence electrons. The Morgan fingerprint density at radius 2 is 2.05 bits per heavy atom. The molecule has 0 bridgehead atoms. The molecule has 1 heterocycles. The first-order valence-corrected chi connectivity index (χ1v) is 6.94. The zero-order valence-corrected chi connectivity index (χ0v) is 12.2. The molecule has 0 aromatic heterocycles. The Balaban J connectivity index is 2.35. The topological polar surface area (TPSA) is 40.5 Å². The van der Waals surface area contributed by atoms with Gasteiger partial charge in [-0.25, -0.2) is 0 Å². The van der Waals surface area contributed by atoms with Gasteiger partial charge in [-0.15, -0.1) is 0 Å². The molecule has 19 heavy (non-hydrogen) atoms. The molecular formula is C16H23NO2. The van der Waals surface area contributed by atoms with Crippen LogP contribution in [0.2, 0.25) is 0 Å². The third-order valence-corrected chi connectivity index (χ3v) is 4.41. The number of rotatable bonds is 3. The monoisotopic (exact) mass is 261 g/mol. The van der Waals surface area contributed by atoms with E-state index >= 15 is 0 Å². The van der Waals surface area contributed by atoms with E-state index in [1.807, 2.05) is 19.2 Å². The quantitative estimate of drug-likeness (QED) is 0.908. The van der Waals surface area contributed by atoms with E-state index in [1.165, 1.54) is 0 Å². The Morgan fingerprint density at radius 3 is 2.68 bits per heavy atom.